The standard InChI is InChI=1S/C47H28N2O3/c1-2-13-31(14-3-1)47-48-38-28-42-43(37-18-7-9-23-41(37)50-42)44(46(38)52-47)49(39-21-11-20-36-35-17-6-8-22-40(35)51-45(36)39)32-26-24-30(25-27-32)34-19-10-15-29-12-4-5-16-33(29)34/h1-28H. The molecule has 0 aliphatic rings. The van der Waals surface area contributed by atoms with Crippen molar-refractivity contribution in [3.05, 3.63) is 170 Å². The third-order valence-electron chi connectivity index (χ3n) is 10.1. The smallest absolute Gasteiger partial charge is 0.227 e. The molecule has 11 rings (SSSR count). The first kappa shape index (κ1) is 28.7. The number of furan rings is 2. The van der Waals surface area contributed by atoms with Crippen molar-refractivity contribution in [2.24, 2.45) is 0 Å². The van der Waals surface area contributed by atoms with Crippen LogP contribution in [0, 0.1) is 0 Å². The van der Waals surface area contributed by atoms with E-state index in [2.05, 4.69) is 108 Å². The number of nitrogens with zero attached hydrogens (tertiary/aromatic N) is 2. The molecule has 0 spiro atoms. The summed E-state index contributed by atoms with van der Waals surface area (Å²) in [6.45, 7) is 0. The third-order valence-corrected chi connectivity index (χ3v) is 10.1. The lowest BCUT2D eigenvalue weighted by Gasteiger charge is -2.26. The fourth-order valence-corrected chi connectivity index (χ4v) is 7.73. The monoisotopic (exact) mass is 668 g/mol. The highest BCUT2D eigenvalue weighted by Crippen LogP contribution is 2.50. The summed E-state index contributed by atoms with van der Waals surface area (Å²) in [7, 11) is 0. The molecule has 0 atom stereocenters. The van der Waals surface area contributed by atoms with E-state index in [9.17, 15) is 0 Å². The van der Waals surface area contributed by atoms with Gasteiger partial charge in [-0.2, -0.15) is 0 Å². The summed E-state index contributed by atoms with van der Waals surface area (Å²) in [5.74, 6) is 0.544. The summed E-state index contributed by atoms with van der Waals surface area (Å²) < 4.78 is 20.1. The zero-order valence-electron chi connectivity index (χ0n) is 27.8. The Balaban J connectivity index is 1.24. The average Bonchev–Trinajstić information content (AvgIpc) is 3.92. The first-order chi connectivity index (χ1) is 25.8. The van der Waals surface area contributed by atoms with Crippen molar-refractivity contribution in [3.8, 4) is 22.6 Å². The summed E-state index contributed by atoms with van der Waals surface area (Å²) in [6, 6.07) is 58.4. The molecule has 244 valence electrons. The van der Waals surface area contributed by atoms with Crippen molar-refractivity contribution in [2.75, 3.05) is 4.90 Å². The summed E-state index contributed by atoms with van der Waals surface area (Å²) in [6.07, 6.45) is 0. The quantitative estimate of drug-likeness (QED) is 0.183. The maximum Gasteiger partial charge on any atom is 0.227 e. The molecule has 0 radical (unpaired) electrons. The van der Waals surface area contributed by atoms with Gasteiger partial charge >= 0.3 is 0 Å². The first-order valence-corrected chi connectivity index (χ1v) is 17.4. The van der Waals surface area contributed by atoms with Gasteiger partial charge in [-0.25, -0.2) is 4.98 Å². The van der Waals surface area contributed by atoms with Gasteiger partial charge in [-0.05, 0) is 64.4 Å². The lowest BCUT2D eigenvalue weighted by molar-refractivity contribution is 0.620. The lowest BCUT2D eigenvalue weighted by atomic mass is 9.98. The van der Waals surface area contributed by atoms with E-state index in [0.29, 0.717) is 17.0 Å². The molecule has 3 aromatic heterocycles. The first-order valence-electron chi connectivity index (χ1n) is 17.4. The van der Waals surface area contributed by atoms with E-state index < -0.39 is 0 Å². The Bertz CT molecular complexity index is 3130. The Morgan fingerprint density at radius 2 is 1.12 bits per heavy atom. The molecule has 5 heteroatoms. The van der Waals surface area contributed by atoms with Gasteiger partial charge in [0, 0.05) is 33.5 Å². The fraction of sp³-hybridized carbons (Fsp3) is 0. The predicted octanol–water partition coefficient (Wildman–Crippen LogP) is 13.6. The van der Waals surface area contributed by atoms with Crippen LogP contribution in [0.3, 0.4) is 0 Å². The van der Waals surface area contributed by atoms with Gasteiger partial charge in [0.25, 0.3) is 0 Å². The summed E-state index contributed by atoms with van der Waals surface area (Å²) in [5.41, 5.74) is 10.4. The molecule has 11 aromatic rings. The maximum atomic E-state index is 6.82. The summed E-state index contributed by atoms with van der Waals surface area (Å²) in [5, 5.41) is 6.45. The van der Waals surface area contributed by atoms with Crippen LogP contribution in [-0.4, -0.2) is 4.98 Å². The highest BCUT2D eigenvalue weighted by molar-refractivity contribution is 6.21. The molecule has 0 bridgehead atoms. The molecule has 5 nitrogen and oxygen atoms in total. The van der Waals surface area contributed by atoms with E-state index >= 15 is 0 Å². The minimum absolute atomic E-state index is 0.544. The molecular weight excluding hydrogens is 641 g/mol. The van der Waals surface area contributed by atoms with E-state index in [0.717, 1.165) is 72.1 Å². The summed E-state index contributed by atoms with van der Waals surface area (Å²) in [4.78, 5) is 7.29. The second kappa shape index (κ2) is 11.2. The SMILES string of the molecule is c1ccc(-c2nc3cc4oc5ccccc5c4c(N(c4ccc(-c5cccc6ccccc56)cc4)c4cccc5c4oc4ccccc45)c3o2)cc1. The van der Waals surface area contributed by atoms with Crippen LogP contribution in [-0.2, 0) is 0 Å². The van der Waals surface area contributed by atoms with Gasteiger partial charge in [-0.3, -0.25) is 0 Å². The molecule has 0 saturated heterocycles. The average molecular weight is 669 g/mol. The normalized spacial score (nSPS) is 11.8. The minimum atomic E-state index is 0.544. The Morgan fingerprint density at radius 3 is 1.96 bits per heavy atom. The second-order valence-electron chi connectivity index (χ2n) is 13.1. The van der Waals surface area contributed by atoms with E-state index in [4.69, 9.17) is 18.2 Å². The molecule has 0 aliphatic carbocycles. The zero-order valence-corrected chi connectivity index (χ0v) is 27.8. The third kappa shape index (κ3) is 4.33. The largest absolute Gasteiger partial charge is 0.456 e. The van der Waals surface area contributed by atoms with E-state index in [-0.39, 0.29) is 0 Å². The van der Waals surface area contributed by atoms with Crippen LogP contribution in [0.15, 0.2) is 183 Å². The maximum absolute atomic E-state index is 6.82. The molecule has 0 N–H and O–H groups in total. The summed E-state index contributed by atoms with van der Waals surface area (Å²) >= 11 is 0. The van der Waals surface area contributed by atoms with E-state index in [1.807, 2.05) is 66.7 Å². The van der Waals surface area contributed by atoms with Crippen molar-refractivity contribution in [1.82, 2.24) is 4.98 Å². The highest BCUT2D eigenvalue weighted by atomic mass is 16.4. The van der Waals surface area contributed by atoms with Crippen LogP contribution in [0.5, 0.6) is 0 Å². The zero-order chi connectivity index (χ0) is 34.2. The van der Waals surface area contributed by atoms with Crippen molar-refractivity contribution in [1.29, 1.82) is 0 Å². The van der Waals surface area contributed by atoms with Gasteiger partial charge in [0.05, 0.1) is 11.1 Å². The van der Waals surface area contributed by atoms with E-state index in [1.54, 1.807) is 0 Å². The Kier molecular flexibility index (Phi) is 6.18. The molecule has 52 heavy (non-hydrogen) atoms. The second-order valence-corrected chi connectivity index (χ2v) is 13.1. The molecule has 8 aromatic carbocycles. The van der Waals surface area contributed by atoms with Gasteiger partial charge in [-0.15, -0.1) is 0 Å². The number of rotatable bonds is 5. The molecule has 0 aliphatic heterocycles. The van der Waals surface area contributed by atoms with Gasteiger partial charge in [0.15, 0.2) is 11.2 Å². The molecule has 0 unspecified atom stereocenters. The van der Waals surface area contributed by atoms with Crippen LogP contribution < -0.4 is 4.90 Å². The number of fused-ring (bicyclic) bond motifs is 8. The number of oxazole rings is 1. The van der Waals surface area contributed by atoms with Gasteiger partial charge < -0.3 is 18.2 Å². The molecular formula is C47H28N2O3. The molecule has 3 heterocycles. The fourth-order valence-electron chi connectivity index (χ4n) is 7.73. The van der Waals surface area contributed by atoms with Crippen LogP contribution >= 0.6 is 0 Å². The number of para-hydroxylation sites is 3. The predicted molar refractivity (Wildman–Crippen MR) is 212 cm³/mol. The Hall–Kier alpha value is -7.11. The van der Waals surface area contributed by atoms with Crippen molar-refractivity contribution in [2.45, 2.75) is 0 Å². The number of benzene rings is 8. The Labute approximate surface area is 297 Å². The van der Waals surface area contributed by atoms with Gasteiger partial charge in [-0.1, -0.05) is 121 Å². The molecule has 0 amide bonds. The highest BCUT2D eigenvalue weighted by Gasteiger charge is 2.28. The molecule has 0 saturated carbocycles. The van der Waals surface area contributed by atoms with Crippen LogP contribution in [0.2, 0.25) is 0 Å². The Morgan fingerprint density at radius 1 is 0.442 bits per heavy atom. The van der Waals surface area contributed by atoms with E-state index in [1.165, 1.54) is 16.3 Å². The number of aromatic nitrogens is 1. The van der Waals surface area contributed by atoms with Crippen molar-refractivity contribution >= 4 is 82.8 Å². The van der Waals surface area contributed by atoms with Gasteiger partial charge in [0.2, 0.25) is 5.89 Å². The molecule has 0 fully saturated rings. The number of anilines is 3. The lowest BCUT2D eigenvalue weighted by Crippen LogP contribution is -2.11. The van der Waals surface area contributed by atoms with Crippen molar-refractivity contribution in [3.63, 3.8) is 0 Å². The minimum Gasteiger partial charge on any atom is -0.456 e. The van der Waals surface area contributed by atoms with Crippen LogP contribution in [0.25, 0.3) is 88.3 Å². The topological polar surface area (TPSA) is 55.6 Å². The number of hydrogen-bond acceptors (Lipinski definition) is 5. The van der Waals surface area contributed by atoms with Crippen LogP contribution in [0.1, 0.15) is 0 Å². The van der Waals surface area contributed by atoms with Crippen LogP contribution in [0.4, 0.5) is 17.1 Å². The van der Waals surface area contributed by atoms with Crippen molar-refractivity contribution < 1.29 is 13.3 Å². The van der Waals surface area contributed by atoms with Gasteiger partial charge in [0.1, 0.15) is 28.0 Å². The number of hydrogen-bond donors (Lipinski definition) is 0.